The van der Waals surface area contributed by atoms with Crippen molar-refractivity contribution in [2.75, 3.05) is 25.9 Å². The standard InChI is InChI=1S/C18H27N3O4S/c1-14(20-18(23)16-8-4-3-5-9-16)11-17(22)21-10-6-7-15(13-21)12-19-26(2,24)25/h3-5,8-9,14-15,19H,6-7,10-13H2,1-2H3,(H,20,23). The van der Waals surface area contributed by atoms with Crippen LogP contribution in [0.15, 0.2) is 30.3 Å². The Balaban J connectivity index is 1.81. The molecule has 0 bridgehead atoms. The maximum atomic E-state index is 12.5. The molecular weight excluding hydrogens is 354 g/mol. The van der Waals surface area contributed by atoms with E-state index in [4.69, 9.17) is 0 Å². The molecule has 1 aliphatic heterocycles. The number of hydrogen-bond acceptors (Lipinski definition) is 4. The van der Waals surface area contributed by atoms with Gasteiger partial charge < -0.3 is 10.2 Å². The van der Waals surface area contributed by atoms with Crippen LogP contribution in [0.2, 0.25) is 0 Å². The zero-order valence-electron chi connectivity index (χ0n) is 15.3. The lowest BCUT2D eigenvalue weighted by Gasteiger charge is -2.33. The summed E-state index contributed by atoms with van der Waals surface area (Å²) in [6, 6.07) is 8.62. The number of hydrogen-bond donors (Lipinski definition) is 2. The Morgan fingerprint density at radius 3 is 2.62 bits per heavy atom. The van der Waals surface area contributed by atoms with E-state index in [9.17, 15) is 18.0 Å². The zero-order chi connectivity index (χ0) is 19.2. The highest BCUT2D eigenvalue weighted by atomic mass is 32.2. The topological polar surface area (TPSA) is 95.6 Å². The lowest BCUT2D eigenvalue weighted by Crippen LogP contribution is -2.45. The second kappa shape index (κ2) is 9.14. The number of likely N-dealkylation sites (tertiary alicyclic amines) is 1. The van der Waals surface area contributed by atoms with E-state index in [1.54, 1.807) is 29.2 Å². The summed E-state index contributed by atoms with van der Waals surface area (Å²) in [5.41, 5.74) is 0.566. The summed E-state index contributed by atoms with van der Waals surface area (Å²) in [6.07, 6.45) is 3.11. The monoisotopic (exact) mass is 381 g/mol. The number of sulfonamides is 1. The minimum atomic E-state index is -3.22. The molecular formula is C18H27N3O4S. The van der Waals surface area contributed by atoms with E-state index in [0.29, 0.717) is 25.2 Å². The molecule has 2 atom stereocenters. The first-order valence-corrected chi connectivity index (χ1v) is 10.7. The molecule has 2 unspecified atom stereocenters. The minimum Gasteiger partial charge on any atom is -0.349 e. The Labute approximate surface area is 155 Å². The van der Waals surface area contributed by atoms with Crippen LogP contribution >= 0.6 is 0 Å². The molecule has 2 amide bonds. The molecule has 26 heavy (non-hydrogen) atoms. The third-order valence-corrected chi connectivity index (χ3v) is 5.09. The fourth-order valence-electron chi connectivity index (χ4n) is 3.07. The molecule has 0 saturated carbocycles. The first kappa shape index (κ1) is 20.4. The smallest absolute Gasteiger partial charge is 0.251 e. The lowest BCUT2D eigenvalue weighted by atomic mass is 9.98. The number of nitrogens with one attached hydrogen (secondary N) is 2. The molecule has 0 aliphatic carbocycles. The van der Waals surface area contributed by atoms with E-state index >= 15 is 0 Å². The van der Waals surface area contributed by atoms with Gasteiger partial charge in [-0.25, -0.2) is 13.1 Å². The van der Waals surface area contributed by atoms with Crippen LogP contribution in [-0.4, -0.2) is 57.1 Å². The maximum absolute atomic E-state index is 12.5. The number of carbonyl (C=O) groups is 2. The molecule has 1 aliphatic rings. The van der Waals surface area contributed by atoms with Crippen molar-refractivity contribution >= 4 is 21.8 Å². The van der Waals surface area contributed by atoms with Crippen molar-refractivity contribution < 1.29 is 18.0 Å². The number of carbonyl (C=O) groups excluding carboxylic acids is 2. The van der Waals surface area contributed by atoms with Crippen LogP contribution in [-0.2, 0) is 14.8 Å². The molecule has 0 aromatic heterocycles. The van der Waals surface area contributed by atoms with Crippen molar-refractivity contribution in [3.05, 3.63) is 35.9 Å². The molecule has 0 spiro atoms. The Morgan fingerprint density at radius 1 is 1.27 bits per heavy atom. The van der Waals surface area contributed by atoms with E-state index in [-0.39, 0.29) is 30.2 Å². The van der Waals surface area contributed by atoms with Crippen LogP contribution < -0.4 is 10.0 Å². The highest BCUT2D eigenvalue weighted by molar-refractivity contribution is 7.88. The average molecular weight is 381 g/mol. The predicted molar refractivity (Wildman–Crippen MR) is 100 cm³/mol. The number of piperidine rings is 1. The van der Waals surface area contributed by atoms with Crippen LogP contribution in [0, 0.1) is 5.92 Å². The van der Waals surface area contributed by atoms with Crippen LogP contribution in [0.4, 0.5) is 0 Å². The van der Waals surface area contributed by atoms with Gasteiger partial charge in [0.1, 0.15) is 0 Å². The summed E-state index contributed by atoms with van der Waals surface area (Å²) >= 11 is 0. The third-order valence-electron chi connectivity index (χ3n) is 4.40. The predicted octanol–water partition coefficient (Wildman–Crippen LogP) is 0.983. The number of amides is 2. The largest absolute Gasteiger partial charge is 0.349 e. The average Bonchev–Trinajstić information content (AvgIpc) is 2.60. The third kappa shape index (κ3) is 6.76. The Kier molecular flexibility index (Phi) is 7.16. The van der Waals surface area contributed by atoms with Crippen LogP contribution in [0.25, 0.3) is 0 Å². The van der Waals surface area contributed by atoms with Gasteiger partial charge >= 0.3 is 0 Å². The van der Waals surface area contributed by atoms with E-state index in [1.165, 1.54) is 0 Å². The van der Waals surface area contributed by atoms with Gasteiger partial charge in [-0.15, -0.1) is 0 Å². The molecule has 1 aromatic carbocycles. The first-order chi connectivity index (χ1) is 12.2. The van der Waals surface area contributed by atoms with E-state index in [1.807, 2.05) is 13.0 Å². The molecule has 144 valence electrons. The second-order valence-corrected chi connectivity index (χ2v) is 8.75. The van der Waals surface area contributed by atoms with Gasteiger partial charge in [-0.1, -0.05) is 18.2 Å². The normalized spacial score (nSPS) is 19.0. The lowest BCUT2D eigenvalue weighted by molar-refractivity contribution is -0.133. The summed E-state index contributed by atoms with van der Waals surface area (Å²) in [7, 11) is -3.22. The summed E-state index contributed by atoms with van der Waals surface area (Å²) < 4.78 is 25.0. The summed E-state index contributed by atoms with van der Waals surface area (Å²) in [4.78, 5) is 26.4. The van der Waals surface area contributed by atoms with Gasteiger partial charge in [0.25, 0.3) is 5.91 Å². The van der Waals surface area contributed by atoms with Crippen molar-refractivity contribution in [3.8, 4) is 0 Å². The molecule has 2 N–H and O–H groups in total. The first-order valence-electron chi connectivity index (χ1n) is 8.83. The van der Waals surface area contributed by atoms with Gasteiger partial charge in [-0.05, 0) is 37.8 Å². The maximum Gasteiger partial charge on any atom is 0.251 e. The molecule has 1 heterocycles. The van der Waals surface area contributed by atoms with Crippen LogP contribution in [0.1, 0.15) is 36.5 Å². The fourth-order valence-corrected chi connectivity index (χ4v) is 3.60. The van der Waals surface area contributed by atoms with Gasteiger partial charge in [-0.2, -0.15) is 0 Å². The summed E-state index contributed by atoms with van der Waals surface area (Å²) in [5, 5.41) is 2.84. The van der Waals surface area contributed by atoms with Crippen molar-refractivity contribution in [2.45, 2.75) is 32.2 Å². The number of benzene rings is 1. The van der Waals surface area contributed by atoms with E-state index < -0.39 is 10.0 Å². The number of nitrogens with zero attached hydrogens (tertiary/aromatic N) is 1. The highest BCUT2D eigenvalue weighted by Gasteiger charge is 2.25. The Hall–Kier alpha value is -1.93. The van der Waals surface area contributed by atoms with Crippen molar-refractivity contribution in [2.24, 2.45) is 5.92 Å². The molecule has 2 rings (SSSR count). The van der Waals surface area contributed by atoms with Crippen molar-refractivity contribution in [1.82, 2.24) is 14.9 Å². The van der Waals surface area contributed by atoms with Gasteiger partial charge in [0.15, 0.2) is 0 Å². The molecule has 8 heteroatoms. The van der Waals surface area contributed by atoms with Crippen LogP contribution in [0.5, 0.6) is 0 Å². The van der Waals surface area contributed by atoms with Crippen molar-refractivity contribution in [1.29, 1.82) is 0 Å². The molecule has 7 nitrogen and oxygen atoms in total. The Morgan fingerprint density at radius 2 is 1.96 bits per heavy atom. The van der Waals surface area contributed by atoms with Gasteiger partial charge in [0, 0.05) is 37.7 Å². The van der Waals surface area contributed by atoms with Crippen molar-refractivity contribution in [3.63, 3.8) is 0 Å². The second-order valence-electron chi connectivity index (χ2n) is 6.91. The molecule has 1 fully saturated rings. The summed E-state index contributed by atoms with van der Waals surface area (Å²) in [5.74, 6) is -0.0914. The molecule has 1 aromatic rings. The molecule has 0 radical (unpaired) electrons. The van der Waals surface area contributed by atoms with Gasteiger partial charge in [0.05, 0.1) is 6.26 Å². The van der Waals surface area contributed by atoms with E-state index in [0.717, 1.165) is 19.1 Å². The van der Waals surface area contributed by atoms with Crippen LogP contribution in [0.3, 0.4) is 0 Å². The Bertz CT molecular complexity index is 721. The van der Waals surface area contributed by atoms with Gasteiger partial charge in [0.2, 0.25) is 15.9 Å². The van der Waals surface area contributed by atoms with Gasteiger partial charge in [-0.3, -0.25) is 9.59 Å². The summed E-state index contributed by atoms with van der Waals surface area (Å²) in [6.45, 7) is 3.38. The number of rotatable bonds is 7. The SMILES string of the molecule is CC(CC(=O)N1CCCC(CNS(C)(=O)=O)C1)NC(=O)c1ccccc1. The highest BCUT2D eigenvalue weighted by Crippen LogP contribution is 2.17. The minimum absolute atomic E-state index is 0.0186. The fraction of sp³-hybridized carbons (Fsp3) is 0.556. The zero-order valence-corrected chi connectivity index (χ0v) is 16.1. The quantitative estimate of drug-likeness (QED) is 0.736. The molecule has 1 saturated heterocycles. The van der Waals surface area contributed by atoms with E-state index in [2.05, 4.69) is 10.0 Å².